The van der Waals surface area contributed by atoms with Gasteiger partial charge in [0.25, 0.3) is 0 Å². The summed E-state index contributed by atoms with van der Waals surface area (Å²) in [6, 6.07) is 13.3. The molecule has 2 aromatic carbocycles. The van der Waals surface area contributed by atoms with Crippen LogP contribution in [0.5, 0.6) is 0 Å². The molecule has 0 spiro atoms. The lowest BCUT2D eigenvalue weighted by Gasteiger charge is -2.32. The number of hydrogen-bond acceptors (Lipinski definition) is 5. The van der Waals surface area contributed by atoms with Gasteiger partial charge in [-0.15, -0.1) is 12.4 Å². The number of carbonyl (C=O) groups excluding carboxylic acids is 1. The number of fused-ring (bicyclic) bond motifs is 1. The van der Waals surface area contributed by atoms with E-state index in [4.69, 9.17) is 18.0 Å². The second kappa shape index (κ2) is 12.6. The molecule has 2 atom stereocenters. The van der Waals surface area contributed by atoms with Crippen LogP contribution < -0.4 is 11.1 Å². The summed E-state index contributed by atoms with van der Waals surface area (Å²) in [7, 11) is -5.37. The monoisotopic (exact) mass is 642 g/mol. The molecule has 1 aromatic heterocycles. The van der Waals surface area contributed by atoms with E-state index in [1.807, 2.05) is 53.2 Å². The van der Waals surface area contributed by atoms with E-state index >= 15 is 0 Å². The third-order valence-electron chi connectivity index (χ3n) is 8.21. The third kappa shape index (κ3) is 6.52. The molecule has 2 aliphatic rings. The molecule has 2 saturated heterocycles. The summed E-state index contributed by atoms with van der Waals surface area (Å²) in [5.74, 6) is 0.671. The average Bonchev–Trinajstić information content (AvgIpc) is 3.55. The number of hydrogen-bond donors (Lipinski definition) is 2. The fourth-order valence-corrected chi connectivity index (χ4v) is 7.04. The van der Waals surface area contributed by atoms with Gasteiger partial charge in [0.15, 0.2) is 0 Å². The van der Waals surface area contributed by atoms with Gasteiger partial charge in [0.05, 0.1) is 6.04 Å². The van der Waals surface area contributed by atoms with E-state index in [0.29, 0.717) is 28.6 Å². The van der Waals surface area contributed by atoms with Crippen LogP contribution in [0, 0.1) is 5.92 Å². The highest BCUT2D eigenvalue weighted by atomic mass is 35.5. The number of carbonyl (C=O) groups is 1. The van der Waals surface area contributed by atoms with Gasteiger partial charge in [-0.25, -0.2) is 8.42 Å². The number of aryl methyl sites for hydroxylation is 1. The van der Waals surface area contributed by atoms with Gasteiger partial charge < -0.3 is 15.6 Å². The van der Waals surface area contributed by atoms with E-state index < -0.39 is 15.5 Å². The largest absolute Gasteiger partial charge is 0.511 e. The van der Waals surface area contributed by atoms with E-state index in [-0.39, 0.29) is 61.2 Å². The molecular formula is C29H34ClF3N4O3S2. The van der Waals surface area contributed by atoms with Crippen LogP contribution in [0.15, 0.2) is 48.7 Å². The average molecular weight is 643 g/mol. The van der Waals surface area contributed by atoms with Crippen molar-refractivity contribution in [3.63, 3.8) is 0 Å². The Morgan fingerprint density at radius 3 is 2.48 bits per heavy atom. The Labute approximate surface area is 255 Å². The summed E-state index contributed by atoms with van der Waals surface area (Å²) < 4.78 is 65.9. The Bertz CT molecular complexity index is 1580. The lowest BCUT2D eigenvalue weighted by Crippen LogP contribution is -2.45. The molecule has 1 unspecified atom stereocenters. The second-order valence-corrected chi connectivity index (χ2v) is 13.5. The quantitative estimate of drug-likeness (QED) is 0.322. The molecule has 3 heterocycles. The summed E-state index contributed by atoms with van der Waals surface area (Å²) >= 11 is 5.16. The maximum Gasteiger partial charge on any atom is 0.511 e. The minimum absolute atomic E-state index is 0. The molecule has 2 aliphatic heterocycles. The predicted molar refractivity (Wildman–Crippen MR) is 164 cm³/mol. The summed E-state index contributed by atoms with van der Waals surface area (Å²) in [5, 5.41) is 4.23. The van der Waals surface area contributed by atoms with Gasteiger partial charge in [0.1, 0.15) is 10.8 Å². The van der Waals surface area contributed by atoms with Gasteiger partial charge in [0.2, 0.25) is 0 Å². The van der Waals surface area contributed by atoms with Crippen molar-refractivity contribution in [2.45, 2.75) is 56.6 Å². The van der Waals surface area contributed by atoms with Crippen molar-refractivity contribution in [2.24, 2.45) is 11.7 Å². The molecule has 42 heavy (non-hydrogen) atoms. The number of Topliss-reactive ketones (excluding diaryl/α,β-unsaturated/α-hetero) is 1. The molecule has 7 nitrogen and oxygen atoms in total. The molecule has 2 fully saturated rings. The van der Waals surface area contributed by atoms with E-state index in [9.17, 15) is 26.4 Å². The Balaban J connectivity index is 0.00000405. The van der Waals surface area contributed by atoms with Crippen LogP contribution in [0.3, 0.4) is 0 Å². The van der Waals surface area contributed by atoms with Crippen molar-refractivity contribution in [3.8, 4) is 11.1 Å². The lowest BCUT2D eigenvalue weighted by atomic mass is 9.98. The Morgan fingerprint density at radius 2 is 1.86 bits per heavy atom. The Hall–Kier alpha value is -2.51. The van der Waals surface area contributed by atoms with Crippen molar-refractivity contribution in [1.82, 2.24) is 14.2 Å². The van der Waals surface area contributed by atoms with Crippen LogP contribution in [0.4, 0.5) is 13.2 Å². The maximum atomic E-state index is 13.1. The van der Waals surface area contributed by atoms with Crippen LogP contribution in [-0.4, -0.2) is 59.2 Å². The number of rotatable bonds is 8. The fraction of sp³-hybridized carbons (Fsp3) is 0.448. The van der Waals surface area contributed by atoms with Crippen LogP contribution in [0.25, 0.3) is 22.0 Å². The van der Waals surface area contributed by atoms with Crippen molar-refractivity contribution < 1.29 is 26.4 Å². The van der Waals surface area contributed by atoms with Gasteiger partial charge in [-0.2, -0.15) is 17.5 Å². The number of benzene rings is 2. The first kappa shape index (κ1) is 32.4. The molecule has 0 bridgehead atoms. The molecule has 228 valence electrons. The number of piperidine rings is 1. The molecule has 5 rings (SSSR count). The number of nitrogens with one attached hydrogen (secondary N) is 1. The normalized spacial score (nSPS) is 20.5. The molecular weight excluding hydrogens is 609 g/mol. The molecule has 0 radical (unpaired) electrons. The van der Waals surface area contributed by atoms with Gasteiger partial charge in [-0.1, -0.05) is 49.5 Å². The zero-order valence-corrected chi connectivity index (χ0v) is 25.5. The number of alkyl halides is 3. The van der Waals surface area contributed by atoms with E-state index in [1.54, 1.807) is 0 Å². The molecule has 0 saturated carbocycles. The summed E-state index contributed by atoms with van der Waals surface area (Å²) in [5.41, 5.74) is 4.93. The van der Waals surface area contributed by atoms with Crippen LogP contribution in [0.2, 0.25) is 0 Å². The number of aromatic nitrogens is 1. The van der Waals surface area contributed by atoms with E-state index in [2.05, 4.69) is 12.2 Å². The Morgan fingerprint density at radius 1 is 1.14 bits per heavy atom. The fourth-order valence-electron chi connectivity index (χ4n) is 5.93. The predicted octanol–water partition coefficient (Wildman–Crippen LogP) is 5.35. The maximum absolute atomic E-state index is 13.1. The number of nitrogens with zero attached hydrogens (tertiary/aromatic N) is 2. The van der Waals surface area contributed by atoms with Crippen molar-refractivity contribution in [3.05, 3.63) is 59.8 Å². The zero-order valence-electron chi connectivity index (χ0n) is 23.1. The topological polar surface area (TPSA) is 97.4 Å². The van der Waals surface area contributed by atoms with Gasteiger partial charge in [0, 0.05) is 53.8 Å². The molecule has 0 aliphatic carbocycles. The smallest absolute Gasteiger partial charge is 0.389 e. The van der Waals surface area contributed by atoms with Crippen LogP contribution >= 0.6 is 24.6 Å². The van der Waals surface area contributed by atoms with E-state index in [1.165, 1.54) is 0 Å². The SMILES string of the molecule is C[C@@H]1CNC(C(=O)CCc2ccc3c(-c4cccc(C(N)=S)c4)cn(C4CCN(S(=O)(=O)C(F)(F)F)CC4)c3c2)C1.Cl. The van der Waals surface area contributed by atoms with Crippen molar-refractivity contribution in [2.75, 3.05) is 19.6 Å². The minimum atomic E-state index is -5.37. The molecule has 3 aromatic rings. The van der Waals surface area contributed by atoms with Crippen molar-refractivity contribution >= 4 is 56.3 Å². The van der Waals surface area contributed by atoms with Gasteiger partial charge >= 0.3 is 15.5 Å². The molecule has 3 N–H and O–H groups in total. The summed E-state index contributed by atoms with van der Waals surface area (Å²) in [4.78, 5) is 13.0. The summed E-state index contributed by atoms with van der Waals surface area (Å²) in [6.07, 6.45) is 4.27. The van der Waals surface area contributed by atoms with Crippen molar-refractivity contribution in [1.29, 1.82) is 0 Å². The molecule has 13 heteroatoms. The van der Waals surface area contributed by atoms with Crippen LogP contribution in [-0.2, 0) is 21.2 Å². The minimum Gasteiger partial charge on any atom is -0.389 e. The number of halogens is 4. The number of sulfonamides is 1. The second-order valence-electron chi connectivity index (χ2n) is 11.1. The highest BCUT2D eigenvalue weighted by Gasteiger charge is 2.50. The Kier molecular flexibility index (Phi) is 9.73. The standard InChI is InChI=1S/C29H33F3N4O3S2.ClH/c1-18-13-25(34-16-18)27(37)8-6-19-5-7-23-24(20-3-2-4-21(15-20)28(33)40)17-36(26(23)14-19)22-9-11-35(12-10-22)41(38,39)29(30,31)32;/h2-5,7,14-15,17-18,22,25,34H,6,8-13,16H2,1H3,(H2,33,40);1H/t18-,25?;/m0./s1. The number of ketones is 1. The van der Waals surface area contributed by atoms with Gasteiger partial charge in [-0.3, -0.25) is 4.79 Å². The first-order valence-corrected chi connectivity index (χ1v) is 15.6. The third-order valence-corrected chi connectivity index (χ3v) is 10.1. The number of thiocarbonyl (C=S) groups is 1. The molecule has 0 amide bonds. The lowest BCUT2D eigenvalue weighted by molar-refractivity contribution is -0.120. The zero-order chi connectivity index (χ0) is 29.5. The van der Waals surface area contributed by atoms with Crippen LogP contribution in [0.1, 0.15) is 49.8 Å². The van der Waals surface area contributed by atoms with Gasteiger partial charge in [-0.05, 0) is 61.4 Å². The first-order chi connectivity index (χ1) is 19.3. The number of nitrogens with two attached hydrogens (primary N) is 1. The first-order valence-electron chi connectivity index (χ1n) is 13.7. The summed E-state index contributed by atoms with van der Waals surface area (Å²) in [6.45, 7) is 2.52. The van der Waals surface area contributed by atoms with E-state index in [0.717, 1.165) is 40.6 Å². The highest BCUT2D eigenvalue weighted by Crippen LogP contribution is 2.38. The highest BCUT2D eigenvalue weighted by molar-refractivity contribution is 7.90.